The molecule has 0 aliphatic carbocycles. The van der Waals surface area contributed by atoms with Gasteiger partial charge in [-0.25, -0.2) is 0 Å². The van der Waals surface area contributed by atoms with Crippen LogP contribution in [0.15, 0.2) is 42.7 Å². The molecule has 0 unspecified atom stereocenters. The Morgan fingerprint density at radius 1 is 1.07 bits per heavy atom. The minimum absolute atomic E-state index is 0.126. The molecule has 0 N–H and O–H groups in total. The average Bonchev–Trinajstić information content (AvgIpc) is 2.92. The van der Waals surface area contributed by atoms with Crippen molar-refractivity contribution in [1.82, 2.24) is 14.8 Å². The van der Waals surface area contributed by atoms with E-state index in [1.165, 1.54) is 37.9 Å². The summed E-state index contributed by atoms with van der Waals surface area (Å²) in [5.41, 5.74) is 3.37. The number of amides is 1. The fourth-order valence-electron chi connectivity index (χ4n) is 3.92. The summed E-state index contributed by atoms with van der Waals surface area (Å²) in [5, 5.41) is 0. The number of carbonyl (C=O) groups is 1. The minimum atomic E-state index is 0.126. The van der Waals surface area contributed by atoms with Crippen LogP contribution < -0.4 is 4.74 Å². The van der Waals surface area contributed by atoms with Gasteiger partial charge in [-0.1, -0.05) is 18.6 Å². The largest absolute Gasteiger partial charge is 0.491 e. The lowest BCUT2D eigenvalue weighted by Crippen LogP contribution is -2.33. The van der Waals surface area contributed by atoms with E-state index in [2.05, 4.69) is 28.1 Å². The molecule has 1 saturated heterocycles. The van der Waals surface area contributed by atoms with Gasteiger partial charge < -0.3 is 9.64 Å². The first kappa shape index (κ1) is 18.0. The second kappa shape index (κ2) is 8.53. The summed E-state index contributed by atoms with van der Waals surface area (Å²) >= 11 is 0. The monoisotopic (exact) mass is 365 g/mol. The van der Waals surface area contributed by atoms with Crippen LogP contribution in [-0.4, -0.2) is 46.9 Å². The molecule has 142 valence electrons. The van der Waals surface area contributed by atoms with E-state index in [1.54, 1.807) is 12.4 Å². The highest BCUT2D eigenvalue weighted by Crippen LogP contribution is 2.26. The highest BCUT2D eigenvalue weighted by molar-refractivity contribution is 5.78. The normalized spacial score (nSPS) is 17.7. The van der Waals surface area contributed by atoms with E-state index >= 15 is 0 Å². The molecule has 2 aliphatic heterocycles. The van der Waals surface area contributed by atoms with Crippen LogP contribution in [0.3, 0.4) is 0 Å². The first-order chi connectivity index (χ1) is 13.3. The molecule has 3 heterocycles. The predicted molar refractivity (Wildman–Crippen MR) is 104 cm³/mol. The van der Waals surface area contributed by atoms with Crippen molar-refractivity contribution in [2.75, 3.05) is 26.2 Å². The predicted octanol–water partition coefficient (Wildman–Crippen LogP) is 3.03. The molecule has 1 aromatic heterocycles. The quantitative estimate of drug-likeness (QED) is 0.836. The lowest BCUT2D eigenvalue weighted by Gasteiger charge is -2.26. The van der Waals surface area contributed by atoms with Crippen molar-refractivity contribution in [3.05, 3.63) is 59.4 Å². The number of hydrogen-bond donors (Lipinski definition) is 0. The summed E-state index contributed by atoms with van der Waals surface area (Å²) in [6.45, 7) is 5.12. The lowest BCUT2D eigenvalue weighted by molar-refractivity contribution is -0.131. The van der Waals surface area contributed by atoms with Gasteiger partial charge in [-0.2, -0.15) is 0 Å². The summed E-state index contributed by atoms with van der Waals surface area (Å²) in [6, 6.07) is 10.3. The summed E-state index contributed by atoms with van der Waals surface area (Å²) in [5.74, 6) is 1.04. The van der Waals surface area contributed by atoms with E-state index in [9.17, 15) is 4.79 Å². The van der Waals surface area contributed by atoms with Crippen LogP contribution in [0, 0.1) is 0 Å². The van der Waals surface area contributed by atoms with E-state index in [0.717, 1.165) is 23.4 Å². The van der Waals surface area contributed by atoms with Crippen molar-refractivity contribution >= 4 is 5.91 Å². The van der Waals surface area contributed by atoms with Gasteiger partial charge in [0.1, 0.15) is 12.4 Å². The second-order valence-electron chi connectivity index (χ2n) is 7.48. The number of carbonyl (C=O) groups excluding carboxylic acids is 1. The van der Waals surface area contributed by atoms with Gasteiger partial charge in [0.05, 0.1) is 13.0 Å². The number of ether oxygens (including phenoxy) is 1. The summed E-state index contributed by atoms with van der Waals surface area (Å²) in [4.78, 5) is 21.3. The Morgan fingerprint density at radius 3 is 2.78 bits per heavy atom. The third-order valence-corrected chi connectivity index (χ3v) is 5.39. The maximum Gasteiger partial charge on any atom is 0.227 e. The molecule has 0 spiro atoms. The van der Waals surface area contributed by atoms with Gasteiger partial charge in [0, 0.05) is 31.0 Å². The maximum atomic E-state index is 12.8. The highest BCUT2D eigenvalue weighted by Gasteiger charge is 2.21. The highest BCUT2D eigenvalue weighted by atomic mass is 16.5. The first-order valence-corrected chi connectivity index (χ1v) is 9.91. The Morgan fingerprint density at radius 2 is 1.96 bits per heavy atom. The summed E-state index contributed by atoms with van der Waals surface area (Å²) in [6.07, 6.45) is 7.82. The van der Waals surface area contributed by atoms with Gasteiger partial charge in [-0.05, 0) is 55.3 Å². The van der Waals surface area contributed by atoms with Crippen molar-refractivity contribution in [3.63, 3.8) is 0 Å². The molecule has 0 atom stereocenters. The Bertz CT molecular complexity index is 772. The molecule has 5 nitrogen and oxygen atoms in total. The van der Waals surface area contributed by atoms with E-state index in [4.69, 9.17) is 4.74 Å². The number of rotatable bonds is 4. The van der Waals surface area contributed by atoms with Gasteiger partial charge in [-0.3, -0.25) is 14.7 Å². The molecule has 2 aliphatic rings. The Hall–Kier alpha value is -2.40. The maximum absolute atomic E-state index is 12.8. The third kappa shape index (κ3) is 4.66. The number of nitrogens with zero attached hydrogens (tertiary/aromatic N) is 3. The molecule has 27 heavy (non-hydrogen) atoms. The SMILES string of the molecule is O=C(Cc1cccnc1)N1CCOc2ccc(CN3CCCCC3)cc2C1. The topological polar surface area (TPSA) is 45.7 Å². The van der Waals surface area contributed by atoms with Gasteiger partial charge in [0.15, 0.2) is 0 Å². The first-order valence-electron chi connectivity index (χ1n) is 9.91. The van der Waals surface area contributed by atoms with Gasteiger partial charge >= 0.3 is 0 Å². The smallest absolute Gasteiger partial charge is 0.227 e. The van der Waals surface area contributed by atoms with Crippen LogP contribution in [0.4, 0.5) is 0 Å². The molecular weight excluding hydrogens is 338 g/mol. The van der Waals surface area contributed by atoms with E-state index in [0.29, 0.717) is 26.1 Å². The molecule has 5 heteroatoms. The Labute approximate surface area is 161 Å². The molecule has 0 radical (unpaired) electrons. The molecule has 1 amide bonds. The zero-order chi connectivity index (χ0) is 18.5. The van der Waals surface area contributed by atoms with Gasteiger partial charge in [-0.15, -0.1) is 0 Å². The second-order valence-corrected chi connectivity index (χ2v) is 7.48. The number of hydrogen-bond acceptors (Lipinski definition) is 4. The lowest BCUT2D eigenvalue weighted by atomic mass is 10.1. The van der Waals surface area contributed by atoms with Crippen LogP contribution in [0.1, 0.15) is 36.0 Å². The molecule has 0 bridgehead atoms. The minimum Gasteiger partial charge on any atom is -0.491 e. The van der Waals surface area contributed by atoms with Crippen molar-refractivity contribution in [2.24, 2.45) is 0 Å². The van der Waals surface area contributed by atoms with Crippen LogP contribution in [0.5, 0.6) is 5.75 Å². The fourth-order valence-corrected chi connectivity index (χ4v) is 3.92. The van der Waals surface area contributed by atoms with E-state index in [-0.39, 0.29) is 5.91 Å². The Kier molecular flexibility index (Phi) is 5.68. The van der Waals surface area contributed by atoms with Crippen molar-refractivity contribution in [1.29, 1.82) is 0 Å². The van der Waals surface area contributed by atoms with Crippen molar-refractivity contribution in [2.45, 2.75) is 38.8 Å². The number of aromatic nitrogens is 1. The van der Waals surface area contributed by atoms with Crippen LogP contribution >= 0.6 is 0 Å². The van der Waals surface area contributed by atoms with Crippen LogP contribution in [-0.2, 0) is 24.3 Å². The number of piperidine rings is 1. The third-order valence-electron chi connectivity index (χ3n) is 5.39. The zero-order valence-electron chi connectivity index (χ0n) is 15.8. The summed E-state index contributed by atoms with van der Waals surface area (Å²) in [7, 11) is 0. The van der Waals surface area contributed by atoms with E-state index < -0.39 is 0 Å². The fraction of sp³-hybridized carbons (Fsp3) is 0.455. The van der Waals surface area contributed by atoms with Crippen molar-refractivity contribution < 1.29 is 9.53 Å². The molecular formula is C22H27N3O2. The van der Waals surface area contributed by atoms with Crippen molar-refractivity contribution in [3.8, 4) is 5.75 Å². The standard InChI is InChI=1S/C22H27N3O2/c26-22(14-18-5-4-8-23-15-18)25-11-12-27-21-7-6-19(13-20(21)17-25)16-24-9-2-1-3-10-24/h4-8,13,15H,1-3,9-12,14,16-17H2. The average molecular weight is 365 g/mol. The van der Waals surface area contributed by atoms with Crippen LogP contribution in [0.25, 0.3) is 0 Å². The van der Waals surface area contributed by atoms with Gasteiger partial charge in [0.25, 0.3) is 0 Å². The van der Waals surface area contributed by atoms with Gasteiger partial charge in [0.2, 0.25) is 5.91 Å². The van der Waals surface area contributed by atoms with E-state index in [1.807, 2.05) is 17.0 Å². The number of likely N-dealkylation sites (tertiary alicyclic amines) is 1. The molecule has 4 rings (SSSR count). The molecule has 1 aromatic carbocycles. The zero-order valence-corrected chi connectivity index (χ0v) is 15.8. The molecule has 1 fully saturated rings. The number of pyridine rings is 1. The van der Waals surface area contributed by atoms with Crippen LogP contribution in [0.2, 0.25) is 0 Å². The molecule has 2 aromatic rings. The number of fused-ring (bicyclic) bond motifs is 1. The Balaban J connectivity index is 1.45. The summed E-state index contributed by atoms with van der Waals surface area (Å²) < 4.78 is 5.90. The number of benzene rings is 1. The molecule has 0 saturated carbocycles.